The molecule has 0 heterocycles. The third kappa shape index (κ3) is 4.84. The maximum absolute atomic E-state index is 11.5. The lowest BCUT2D eigenvalue weighted by Gasteiger charge is -2.21. The molecule has 0 aromatic heterocycles. The van der Waals surface area contributed by atoms with Gasteiger partial charge in [-0.1, -0.05) is 6.92 Å². The van der Waals surface area contributed by atoms with Crippen molar-refractivity contribution in [3.8, 4) is 0 Å². The van der Waals surface area contributed by atoms with Gasteiger partial charge in [0.2, 0.25) is 0 Å². The molecule has 16 heavy (non-hydrogen) atoms. The molecule has 0 aromatic rings. The van der Waals surface area contributed by atoms with E-state index >= 15 is 0 Å². The summed E-state index contributed by atoms with van der Waals surface area (Å²) >= 11 is 0. The van der Waals surface area contributed by atoms with Gasteiger partial charge < -0.3 is 15.4 Å². The molecule has 0 aromatic carbocycles. The summed E-state index contributed by atoms with van der Waals surface area (Å²) in [5, 5.41) is 6.33. The number of hydrogen-bond acceptors (Lipinski definition) is 3. The molecule has 0 radical (unpaired) electrons. The number of carbonyl (C=O) groups is 1. The summed E-state index contributed by atoms with van der Waals surface area (Å²) < 4.78 is 5.22. The number of hydrogen-bond donors (Lipinski definition) is 2. The van der Waals surface area contributed by atoms with Crippen molar-refractivity contribution in [2.24, 2.45) is 0 Å². The van der Waals surface area contributed by atoms with Crippen LogP contribution in [0.1, 0.15) is 47.0 Å². The van der Waals surface area contributed by atoms with Crippen molar-refractivity contribution in [3.05, 3.63) is 0 Å². The van der Waals surface area contributed by atoms with Crippen LogP contribution in [0.3, 0.4) is 0 Å². The summed E-state index contributed by atoms with van der Waals surface area (Å²) in [5.74, 6) is 0. The predicted molar refractivity (Wildman–Crippen MR) is 64.5 cm³/mol. The van der Waals surface area contributed by atoms with Gasteiger partial charge in [-0.15, -0.1) is 0 Å². The van der Waals surface area contributed by atoms with Gasteiger partial charge in [-0.3, -0.25) is 0 Å². The van der Waals surface area contributed by atoms with E-state index in [9.17, 15) is 4.79 Å². The van der Waals surface area contributed by atoms with Crippen LogP contribution in [0.4, 0.5) is 4.79 Å². The first-order valence-electron chi connectivity index (χ1n) is 6.13. The first kappa shape index (κ1) is 13.3. The summed E-state index contributed by atoms with van der Waals surface area (Å²) in [4.78, 5) is 11.5. The molecule has 1 aliphatic rings. The van der Waals surface area contributed by atoms with Crippen molar-refractivity contribution < 1.29 is 9.53 Å². The zero-order valence-electron chi connectivity index (χ0n) is 10.8. The van der Waals surface area contributed by atoms with Crippen molar-refractivity contribution >= 4 is 6.09 Å². The topological polar surface area (TPSA) is 50.4 Å². The highest BCUT2D eigenvalue weighted by atomic mass is 16.6. The van der Waals surface area contributed by atoms with E-state index in [0.717, 1.165) is 25.8 Å². The number of amides is 1. The van der Waals surface area contributed by atoms with Crippen LogP contribution in [0, 0.1) is 0 Å². The third-order valence-electron chi connectivity index (χ3n) is 2.65. The fourth-order valence-corrected chi connectivity index (χ4v) is 2.06. The molecule has 2 N–H and O–H groups in total. The lowest BCUT2D eigenvalue weighted by molar-refractivity contribution is 0.0505. The maximum Gasteiger partial charge on any atom is 0.407 e. The first-order chi connectivity index (χ1) is 7.40. The van der Waals surface area contributed by atoms with Crippen LogP contribution in [-0.2, 0) is 4.74 Å². The Bertz CT molecular complexity index is 236. The van der Waals surface area contributed by atoms with E-state index < -0.39 is 5.60 Å². The van der Waals surface area contributed by atoms with E-state index in [-0.39, 0.29) is 12.1 Å². The molecule has 4 heteroatoms. The Morgan fingerprint density at radius 3 is 2.50 bits per heavy atom. The molecular formula is C12H24N2O2. The van der Waals surface area contributed by atoms with E-state index in [1.54, 1.807) is 0 Å². The van der Waals surface area contributed by atoms with Crippen LogP contribution < -0.4 is 10.6 Å². The van der Waals surface area contributed by atoms with Gasteiger partial charge in [0.25, 0.3) is 0 Å². The highest BCUT2D eigenvalue weighted by Crippen LogP contribution is 2.19. The second kappa shape index (κ2) is 5.53. The van der Waals surface area contributed by atoms with Gasteiger partial charge >= 0.3 is 6.09 Å². The Morgan fingerprint density at radius 2 is 1.94 bits per heavy atom. The van der Waals surface area contributed by atoms with Crippen LogP contribution in [-0.4, -0.2) is 30.3 Å². The number of nitrogens with one attached hydrogen (secondary N) is 2. The van der Waals surface area contributed by atoms with E-state index in [0.29, 0.717) is 6.04 Å². The molecule has 94 valence electrons. The second-order valence-corrected chi connectivity index (χ2v) is 5.41. The molecule has 0 saturated heterocycles. The predicted octanol–water partition coefficient (Wildman–Crippen LogP) is 2.04. The molecule has 0 bridgehead atoms. The molecule has 0 spiro atoms. The van der Waals surface area contributed by atoms with Gasteiger partial charge in [0, 0.05) is 12.1 Å². The normalized spacial score (nSPS) is 25.5. The third-order valence-corrected chi connectivity index (χ3v) is 2.65. The average Bonchev–Trinajstić information content (AvgIpc) is 2.49. The smallest absolute Gasteiger partial charge is 0.407 e. The van der Waals surface area contributed by atoms with Crippen LogP contribution in [0.5, 0.6) is 0 Å². The van der Waals surface area contributed by atoms with Gasteiger partial charge in [0.15, 0.2) is 0 Å². The van der Waals surface area contributed by atoms with Crippen LogP contribution in [0.15, 0.2) is 0 Å². The lowest BCUT2D eigenvalue weighted by atomic mass is 10.2. The van der Waals surface area contributed by atoms with Crippen molar-refractivity contribution in [3.63, 3.8) is 0 Å². The molecule has 1 rings (SSSR count). The molecule has 1 aliphatic carbocycles. The standard InChI is InChI=1S/C12H24N2O2/c1-5-13-9-6-7-10(8-9)14-11(15)16-12(2,3)4/h9-10,13H,5-8H2,1-4H3,(H,14,15). The molecule has 1 amide bonds. The maximum atomic E-state index is 11.5. The summed E-state index contributed by atoms with van der Waals surface area (Å²) in [6.45, 7) is 8.73. The summed E-state index contributed by atoms with van der Waals surface area (Å²) in [5.41, 5.74) is -0.413. The largest absolute Gasteiger partial charge is 0.444 e. The number of rotatable bonds is 3. The SMILES string of the molecule is CCNC1CCC(NC(=O)OC(C)(C)C)C1. The Kier molecular flexibility index (Phi) is 4.59. The van der Waals surface area contributed by atoms with Crippen molar-refractivity contribution in [2.75, 3.05) is 6.54 Å². The van der Waals surface area contributed by atoms with Gasteiger partial charge in [-0.2, -0.15) is 0 Å². The summed E-state index contributed by atoms with van der Waals surface area (Å²) in [6, 6.07) is 0.809. The quantitative estimate of drug-likeness (QED) is 0.777. The van der Waals surface area contributed by atoms with Crippen LogP contribution in [0.25, 0.3) is 0 Å². The molecular weight excluding hydrogens is 204 g/mol. The van der Waals surface area contributed by atoms with E-state index in [1.165, 1.54) is 0 Å². The number of alkyl carbamates (subject to hydrolysis) is 1. The van der Waals surface area contributed by atoms with Gasteiger partial charge in [0.05, 0.1) is 0 Å². The lowest BCUT2D eigenvalue weighted by Crippen LogP contribution is -2.39. The Hall–Kier alpha value is -0.770. The van der Waals surface area contributed by atoms with Crippen molar-refractivity contribution in [2.45, 2.75) is 64.6 Å². The average molecular weight is 228 g/mol. The Morgan fingerprint density at radius 1 is 1.31 bits per heavy atom. The zero-order valence-corrected chi connectivity index (χ0v) is 10.8. The minimum Gasteiger partial charge on any atom is -0.444 e. The molecule has 2 atom stereocenters. The number of ether oxygens (including phenoxy) is 1. The minimum absolute atomic E-state index is 0.263. The highest BCUT2D eigenvalue weighted by molar-refractivity contribution is 5.68. The first-order valence-corrected chi connectivity index (χ1v) is 6.13. The molecule has 0 aliphatic heterocycles. The number of carbonyl (C=O) groups excluding carboxylic acids is 1. The van der Waals surface area contributed by atoms with Gasteiger partial charge in [0.1, 0.15) is 5.60 Å². The van der Waals surface area contributed by atoms with Gasteiger partial charge in [-0.05, 0) is 46.6 Å². The van der Waals surface area contributed by atoms with E-state index in [4.69, 9.17) is 4.74 Å². The summed E-state index contributed by atoms with van der Waals surface area (Å²) in [6.07, 6.45) is 2.88. The summed E-state index contributed by atoms with van der Waals surface area (Å²) in [7, 11) is 0. The Balaban J connectivity index is 2.26. The fourth-order valence-electron chi connectivity index (χ4n) is 2.06. The van der Waals surface area contributed by atoms with E-state index in [1.807, 2.05) is 20.8 Å². The monoisotopic (exact) mass is 228 g/mol. The minimum atomic E-state index is -0.413. The van der Waals surface area contributed by atoms with Crippen LogP contribution in [0.2, 0.25) is 0 Å². The molecule has 1 fully saturated rings. The molecule has 1 saturated carbocycles. The second-order valence-electron chi connectivity index (χ2n) is 5.41. The van der Waals surface area contributed by atoms with Crippen molar-refractivity contribution in [1.82, 2.24) is 10.6 Å². The van der Waals surface area contributed by atoms with E-state index in [2.05, 4.69) is 17.6 Å². The molecule has 4 nitrogen and oxygen atoms in total. The fraction of sp³-hybridized carbons (Fsp3) is 0.917. The Labute approximate surface area is 98.1 Å². The molecule has 2 unspecified atom stereocenters. The van der Waals surface area contributed by atoms with Crippen molar-refractivity contribution in [1.29, 1.82) is 0 Å². The van der Waals surface area contributed by atoms with Gasteiger partial charge in [-0.25, -0.2) is 4.79 Å². The van der Waals surface area contributed by atoms with Crippen LogP contribution >= 0.6 is 0 Å². The highest BCUT2D eigenvalue weighted by Gasteiger charge is 2.26. The zero-order chi connectivity index (χ0) is 12.2.